The van der Waals surface area contributed by atoms with Crippen LogP contribution in [0.2, 0.25) is 0 Å². The number of imidazole rings is 1. The van der Waals surface area contributed by atoms with Crippen LogP contribution in [0.5, 0.6) is 5.75 Å². The lowest BCUT2D eigenvalue weighted by molar-refractivity contribution is 0.101. The number of carbonyl (C=O) groups is 2. The van der Waals surface area contributed by atoms with Gasteiger partial charge in [-0.05, 0) is 66.7 Å². The standard InChI is InChI=1S/C28H22N4O3/c1-35-23-14-12-22(13-15-23)30-27(33)19-9-7-18(8-10-19)26-31-24-16-11-20(17-25(24)32-26)28(34)29-21-5-3-2-4-6-21/h2-17H,1H3,(H,29,34)(H,30,33)(H,31,32). The Labute approximate surface area is 201 Å². The lowest BCUT2D eigenvalue weighted by Crippen LogP contribution is -2.11. The molecule has 0 fully saturated rings. The van der Waals surface area contributed by atoms with Gasteiger partial charge in [-0.15, -0.1) is 0 Å². The second-order valence-corrected chi connectivity index (χ2v) is 7.90. The van der Waals surface area contributed by atoms with Gasteiger partial charge < -0.3 is 20.4 Å². The molecule has 0 aliphatic rings. The summed E-state index contributed by atoms with van der Waals surface area (Å²) in [7, 11) is 1.60. The molecule has 7 heteroatoms. The van der Waals surface area contributed by atoms with Crippen LogP contribution in [0.3, 0.4) is 0 Å². The van der Waals surface area contributed by atoms with E-state index in [4.69, 9.17) is 4.74 Å². The summed E-state index contributed by atoms with van der Waals surface area (Å²) in [5.41, 5.74) is 4.81. The number of benzene rings is 4. The summed E-state index contributed by atoms with van der Waals surface area (Å²) in [5, 5.41) is 5.75. The molecule has 0 aliphatic carbocycles. The van der Waals surface area contributed by atoms with Gasteiger partial charge in [-0.1, -0.05) is 30.3 Å². The van der Waals surface area contributed by atoms with Gasteiger partial charge in [-0.3, -0.25) is 9.59 Å². The Morgan fingerprint density at radius 3 is 2.06 bits per heavy atom. The number of anilines is 2. The highest BCUT2D eigenvalue weighted by atomic mass is 16.5. The number of aromatic nitrogens is 2. The van der Waals surface area contributed by atoms with Gasteiger partial charge in [0.25, 0.3) is 11.8 Å². The fraction of sp³-hybridized carbons (Fsp3) is 0.0357. The molecule has 1 aromatic heterocycles. The Morgan fingerprint density at radius 1 is 0.743 bits per heavy atom. The Balaban J connectivity index is 1.30. The summed E-state index contributed by atoms with van der Waals surface area (Å²) in [6.07, 6.45) is 0. The van der Waals surface area contributed by atoms with Gasteiger partial charge in [0, 0.05) is 28.1 Å². The van der Waals surface area contributed by atoms with Gasteiger partial charge in [0.05, 0.1) is 18.1 Å². The second-order valence-electron chi connectivity index (χ2n) is 7.90. The summed E-state index contributed by atoms with van der Waals surface area (Å²) in [6, 6.07) is 29.0. The van der Waals surface area contributed by atoms with E-state index in [-0.39, 0.29) is 11.8 Å². The first-order valence-electron chi connectivity index (χ1n) is 11.0. The molecular formula is C28H22N4O3. The van der Waals surface area contributed by atoms with E-state index < -0.39 is 0 Å². The van der Waals surface area contributed by atoms with Crippen molar-refractivity contribution in [1.29, 1.82) is 0 Å². The van der Waals surface area contributed by atoms with Crippen LogP contribution in [0.15, 0.2) is 97.1 Å². The van der Waals surface area contributed by atoms with Gasteiger partial charge in [0.15, 0.2) is 0 Å². The van der Waals surface area contributed by atoms with Crippen molar-refractivity contribution >= 4 is 34.2 Å². The minimum atomic E-state index is -0.208. The number of nitrogens with one attached hydrogen (secondary N) is 3. The number of hydrogen-bond acceptors (Lipinski definition) is 4. The number of ether oxygens (including phenoxy) is 1. The molecule has 7 nitrogen and oxygen atoms in total. The molecule has 4 aromatic carbocycles. The number of para-hydroxylation sites is 1. The first kappa shape index (κ1) is 21.9. The summed E-state index contributed by atoms with van der Waals surface area (Å²) < 4.78 is 5.14. The Hall–Kier alpha value is -4.91. The van der Waals surface area contributed by atoms with Crippen LogP contribution < -0.4 is 15.4 Å². The molecule has 2 amide bonds. The van der Waals surface area contributed by atoms with E-state index in [2.05, 4.69) is 20.6 Å². The highest BCUT2D eigenvalue weighted by molar-refractivity contribution is 6.06. The third-order valence-electron chi connectivity index (χ3n) is 5.54. The average Bonchev–Trinajstić information content (AvgIpc) is 3.33. The number of carbonyl (C=O) groups excluding carboxylic acids is 2. The summed E-state index contributed by atoms with van der Waals surface area (Å²) in [5.74, 6) is 0.978. The quantitative estimate of drug-likeness (QED) is 0.300. The molecule has 3 N–H and O–H groups in total. The lowest BCUT2D eigenvalue weighted by Gasteiger charge is -2.07. The largest absolute Gasteiger partial charge is 0.497 e. The first-order chi connectivity index (χ1) is 17.1. The number of nitrogens with zero attached hydrogens (tertiary/aromatic N) is 1. The van der Waals surface area contributed by atoms with E-state index >= 15 is 0 Å². The monoisotopic (exact) mass is 462 g/mol. The maximum absolute atomic E-state index is 12.6. The fourth-order valence-electron chi connectivity index (χ4n) is 3.67. The molecule has 0 unspecified atom stereocenters. The molecule has 5 aromatic rings. The first-order valence-corrected chi connectivity index (χ1v) is 11.0. The maximum atomic E-state index is 12.6. The molecule has 0 radical (unpaired) electrons. The molecule has 1 heterocycles. The van der Waals surface area contributed by atoms with E-state index in [0.29, 0.717) is 22.6 Å². The van der Waals surface area contributed by atoms with Crippen LogP contribution in [0, 0.1) is 0 Å². The highest BCUT2D eigenvalue weighted by Gasteiger charge is 2.12. The summed E-state index contributed by atoms with van der Waals surface area (Å²) in [4.78, 5) is 33.1. The van der Waals surface area contributed by atoms with E-state index in [1.54, 1.807) is 55.6 Å². The number of hydrogen-bond donors (Lipinski definition) is 3. The summed E-state index contributed by atoms with van der Waals surface area (Å²) in [6.45, 7) is 0. The van der Waals surface area contributed by atoms with Gasteiger partial charge in [0.2, 0.25) is 0 Å². The average molecular weight is 463 g/mol. The molecule has 5 rings (SSSR count). The van der Waals surface area contributed by atoms with E-state index in [0.717, 1.165) is 28.0 Å². The van der Waals surface area contributed by atoms with Crippen molar-refractivity contribution in [2.45, 2.75) is 0 Å². The molecule has 0 aliphatic heterocycles. The van der Waals surface area contributed by atoms with Crippen molar-refractivity contribution in [2.75, 3.05) is 17.7 Å². The fourth-order valence-corrected chi connectivity index (χ4v) is 3.67. The number of H-pyrrole nitrogens is 1. The minimum absolute atomic E-state index is 0.193. The molecular weight excluding hydrogens is 440 g/mol. The normalized spacial score (nSPS) is 10.7. The van der Waals surface area contributed by atoms with Gasteiger partial charge in [-0.2, -0.15) is 0 Å². The van der Waals surface area contributed by atoms with Crippen LogP contribution in [0.1, 0.15) is 20.7 Å². The molecule has 172 valence electrons. The van der Waals surface area contributed by atoms with Crippen molar-refractivity contribution < 1.29 is 14.3 Å². The maximum Gasteiger partial charge on any atom is 0.255 e. The molecule has 0 atom stereocenters. The van der Waals surface area contributed by atoms with Gasteiger partial charge in [0.1, 0.15) is 11.6 Å². The zero-order valence-electron chi connectivity index (χ0n) is 18.9. The number of methoxy groups -OCH3 is 1. The smallest absolute Gasteiger partial charge is 0.255 e. The lowest BCUT2D eigenvalue weighted by atomic mass is 10.1. The predicted octanol–water partition coefficient (Wildman–Crippen LogP) is 5.74. The third-order valence-corrected chi connectivity index (χ3v) is 5.54. The zero-order valence-corrected chi connectivity index (χ0v) is 18.9. The van der Waals surface area contributed by atoms with Crippen molar-refractivity contribution in [3.63, 3.8) is 0 Å². The molecule has 0 saturated carbocycles. The van der Waals surface area contributed by atoms with Crippen molar-refractivity contribution in [2.24, 2.45) is 0 Å². The van der Waals surface area contributed by atoms with Crippen molar-refractivity contribution in [1.82, 2.24) is 9.97 Å². The van der Waals surface area contributed by atoms with E-state index in [9.17, 15) is 9.59 Å². The van der Waals surface area contributed by atoms with Gasteiger partial charge in [-0.25, -0.2) is 4.98 Å². The Kier molecular flexibility index (Phi) is 5.96. The van der Waals surface area contributed by atoms with Crippen LogP contribution in [0.25, 0.3) is 22.4 Å². The minimum Gasteiger partial charge on any atom is -0.497 e. The number of rotatable bonds is 6. The number of amides is 2. The molecule has 0 bridgehead atoms. The van der Waals surface area contributed by atoms with Crippen LogP contribution in [-0.2, 0) is 0 Å². The van der Waals surface area contributed by atoms with E-state index in [1.807, 2.05) is 48.5 Å². The molecule has 0 spiro atoms. The highest BCUT2D eigenvalue weighted by Crippen LogP contribution is 2.23. The van der Waals surface area contributed by atoms with Gasteiger partial charge >= 0.3 is 0 Å². The number of aromatic amines is 1. The molecule has 35 heavy (non-hydrogen) atoms. The van der Waals surface area contributed by atoms with Crippen LogP contribution >= 0.6 is 0 Å². The van der Waals surface area contributed by atoms with Crippen LogP contribution in [-0.4, -0.2) is 28.9 Å². The predicted molar refractivity (Wildman–Crippen MR) is 137 cm³/mol. The Bertz CT molecular complexity index is 1490. The SMILES string of the molecule is COc1ccc(NC(=O)c2ccc(-c3nc4ccc(C(=O)Nc5ccccc5)cc4[nH]3)cc2)cc1. The third kappa shape index (κ3) is 4.89. The van der Waals surface area contributed by atoms with E-state index in [1.165, 1.54) is 0 Å². The summed E-state index contributed by atoms with van der Waals surface area (Å²) >= 11 is 0. The Morgan fingerprint density at radius 2 is 1.37 bits per heavy atom. The zero-order chi connectivity index (χ0) is 24.2. The van der Waals surface area contributed by atoms with Crippen LogP contribution in [0.4, 0.5) is 11.4 Å². The van der Waals surface area contributed by atoms with Crippen molar-refractivity contribution in [3.8, 4) is 17.1 Å². The number of fused-ring (bicyclic) bond motifs is 1. The van der Waals surface area contributed by atoms with Crippen molar-refractivity contribution in [3.05, 3.63) is 108 Å². The topological polar surface area (TPSA) is 96.1 Å². The second kappa shape index (κ2) is 9.52. The molecule has 0 saturated heterocycles.